The normalized spacial score (nSPS) is 12.7. The number of rotatable bonds is 3. The zero-order valence-corrected chi connectivity index (χ0v) is 11.1. The van der Waals surface area contributed by atoms with Crippen molar-refractivity contribution < 1.29 is 4.39 Å². The SMILES string of the molecule is CNC(c1cccc(F)c1Br)c1cnnn1C. The van der Waals surface area contributed by atoms with E-state index in [9.17, 15) is 4.39 Å². The maximum Gasteiger partial charge on any atom is 0.137 e. The highest BCUT2D eigenvalue weighted by atomic mass is 79.9. The van der Waals surface area contributed by atoms with Gasteiger partial charge in [0.15, 0.2) is 0 Å². The van der Waals surface area contributed by atoms with Crippen LogP contribution >= 0.6 is 15.9 Å². The van der Waals surface area contributed by atoms with Crippen molar-refractivity contribution in [2.75, 3.05) is 7.05 Å². The Hall–Kier alpha value is -1.27. The Bertz CT molecular complexity index is 526. The summed E-state index contributed by atoms with van der Waals surface area (Å²) in [6.45, 7) is 0. The lowest BCUT2D eigenvalue weighted by Gasteiger charge is -2.17. The lowest BCUT2D eigenvalue weighted by atomic mass is 10.0. The monoisotopic (exact) mass is 298 g/mol. The van der Waals surface area contributed by atoms with Gasteiger partial charge in [-0.2, -0.15) is 0 Å². The van der Waals surface area contributed by atoms with Crippen molar-refractivity contribution in [2.24, 2.45) is 7.05 Å². The summed E-state index contributed by atoms with van der Waals surface area (Å²) in [6.07, 6.45) is 1.67. The summed E-state index contributed by atoms with van der Waals surface area (Å²) in [5, 5.41) is 10.8. The van der Waals surface area contributed by atoms with E-state index < -0.39 is 0 Å². The summed E-state index contributed by atoms with van der Waals surface area (Å²) < 4.78 is 15.6. The summed E-state index contributed by atoms with van der Waals surface area (Å²) >= 11 is 3.27. The molecule has 0 bridgehead atoms. The fraction of sp³-hybridized carbons (Fsp3) is 0.273. The Balaban J connectivity index is 2.50. The van der Waals surface area contributed by atoms with Gasteiger partial charge in [-0.05, 0) is 34.6 Å². The second-order valence-corrected chi connectivity index (χ2v) is 4.44. The number of halogens is 2. The first-order chi connectivity index (χ1) is 8.15. The van der Waals surface area contributed by atoms with E-state index in [1.54, 1.807) is 24.0 Å². The zero-order valence-electron chi connectivity index (χ0n) is 9.48. The first-order valence-corrected chi connectivity index (χ1v) is 5.90. The molecule has 0 fully saturated rings. The van der Waals surface area contributed by atoms with Crippen LogP contribution in [0, 0.1) is 5.82 Å². The largest absolute Gasteiger partial charge is 0.308 e. The number of aromatic nitrogens is 3. The predicted octanol–water partition coefficient (Wildman–Crippen LogP) is 2.03. The summed E-state index contributed by atoms with van der Waals surface area (Å²) in [5.74, 6) is -0.280. The molecule has 4 nitrogen and oxygen atoms in total. The minimum Gasteiger partial charge on any atom is -0.308 e. The van der Waals surface area contributed by atoms with E-state index in [2.05, 4.69) is 31.6 Å². The van der Waals surface area contributed by atoms with Crippen molar-refractivity contribution >= 4 is 15.9 Å². The van der Waals surface area contributed by atoms with Gasteiger partial charge in [-0.3, -0.25) is 4.68 Å². The molecule has 1 N–H and O–H groups in total. The fourth-order valence-electron chi connectivity index (χ4n) is 1.77. The molecule has 17 heavy (non-hydrogen) atoms. The standard InChI is InChI=1S/C11H12BrFN4/c1-14-11(9-6-15-16-17(9)2)7-4-3-5-8(13)10(7)12/h3-6,11,14H,1-2H3. The van der Waals surface area contributed by atoms with Crippen LogP contribution in [0.5, 0.6) is 0 Å². The lowest BCUT2D eigenvalue weighted by Crippen LogP contribution is -2.21. The highest BCUT2D eigenvalue weighted by molar-refractivity contribution is 9.10. The molecule has 2 rings (SSSR count). The maximum absolute atomic E-state index is 13.5. The average Bonchev–Trinajstić information content (AvgIpc) is 2.72. The summed E-state index contributed by atoms with van der Waals surface area (Å²) in [6, 6.07) is 4.81. The second-order valence-electron chi connectivity index (χ2n) is 3.65. The molecular formula is C11H12BrFN4. The number of nitrogens with zero attached hydrogens (tertiary/aromatic N) is 3. The maximum atomic E-state index is 13.5. The van der Waals surface area contributed by atoms with E-state index in [-0.39, 0.29) is 11.9 Å². The number of hydrogen-bond donors (Lipinski definition) is 1. The van der Waals surface area contributed by atoms with Crippen molar-refractivity contribution in [3.8, 4) is 0 Å². The zero-order chi connectivity index (χ0) is 12.4. The van der Waals surface area contributed by atoms with Crippen LogP contribution < -0.4 is 5.32 Å². The minimum atomic E-state index is -0.280. The number of hydrogen-bond acceptors (Lipinski definition) is 3. The molecule has 1 heterocycles. The first kappa shape index (κ1) is 12.2. The highest BCUT2D eigenvalue weighted by Crippen LogP contribution is 2.29. The molecule has 0 aliphatic heterocycles. The smallest absolute Gasteiger partial charge is 0.137 e. The first-order valence-electron chi connectivity index (χ1n) is 5.11. The van der Waals surface area contributed by atoms with Gasteiger partial charge in [0.1, 0.15) is 5.82 Å². The van der Waals surface area contributed by atoms with Crippen molar-refractivity contribution in [1.29, 1.82) is 0 Å². The van der Waals surface area contributed by atoms with Crippen LogP contribution in [0.4, 0.5) is 4.39 Å². The lowest BCUT2D eigenvalue weighted by molar-refractivity contribution is 0.581. The van der Waals surface area contributed by atoms with Crippen LogP contribution in [0.15, 0.2) is 28.9 Å². The van der Waals surface area contributed by atoms with Crippen LogP contribution in [0.25, 0.3) is 0 Å². The van der Waals surface area contributed by atoms with Crippen LogP contribution in [0.3, 0.4) is 0 Å². The van der Waals surface area contributed by atoms with Gasteiger partial charge in [0.05, 0.1) is 22.4 Å². The summed E-state index contributed by atoms with van der Waals surface area (Å²) in [5.41, 5.74) is 1.69. The third-order valence-electron chi connectivity index (χ3n) is 2.63. The molecule has 1 aromatic heterocycles. The second kappa shape index (κ2) is 4.93. The predicted molar refractivity (Wildman–Crippen MR) is 66.0 cm³/mol. The van der Waals surface area contributed by atoms with Crippen molar-refractivity contribution in [2.45, 2.75) is 6.04 Å². The third-order valence-corrected chi connectivity index (χ3v) is 3.46. The Morgan fingerprint density at radius 1 is 1.47 bits per heavy atom. The summed E-state index contributed by atoms with van der Waals surface area (Å²) in [4.78, 5) is 0. The molecule has 0 amide bonds. The van der Waals surface area contributed by atoms with E-state index >= 15 is 0 Å². The molecule has 1 atom stereocenters. The third kappa shape index (κ3) is 2.23. The van der Waals surface area contributed by atoms with Crippen molar-refractivity contribution in [1.82, 2.24) is 20.3 Å². The van der Waals surface area contributed by atoms with Gasteiger partial charge in [-0.25, -0.2) is 4.39 Å². The van der Waals surface area contributed by atoms with Crippen LogP contribution in [-0.2, 0) is 7.05 Å². The van der Waals surface area contributed by atoms with E-state index in [0.29, 0.717) is 4.47 Å². The van der Waals surface area contributed by atoms with E-state index in [1.807, 2.05) is 13.1 Å². The van der Waals surface area contributed by atoms with E-state index in [1.165, 1.54) is 6.07 Å². The molecule has 90 valence electrons. The number of aryl methyl sites for hydroxylation is 1. The molecule has 0 spiro atoms. The van der Waals surface area contributed by atoms with Gasteiger partial charge < -0.3 is 5.32 Å². The Labute approximate surface area is 107 Å². The van der Waals surface area contributed by atoms with Gasteiger partial charge in [0, 0.05) is 7.05 Å². The topological polar surface area (TPSA) is 42.7 Å². The molecule has 2 aromatic rings. The van der Waals surface area contributed by atoms with Crippen LogP contribution in [-0.4, -0.2) is 22.0 Å². The Morgan fingerprint density at radius 2 is 2.24 bits per heavy atom. The molecular weight excluding hydrogens is 287 g/mol. The molecule has 0 radical (unpaired) electrons. The van der Waals surface area contributed by atoms with E-state index in [0.717, 1.165) is 11.3 Å². The van der Waals surface area contributed by atoms with Crippen LogP contribution in [0.2, 0.25) is 0 Å². The Kier molecular flexibility index (Phi) is 3.54. The number of nitrogens with one attached hydrogen (secondary N) is 1. The highest BCUT2D eigenvalue weighted by Gasteiger charge is 2.19. The molecule has 0 saturated heterocycles. The van der Waals surface area contributed by atoms with Crippen LogP contribution in [0.1, 0.15) is 17.3 Å². The average molecular weight is 299 g/mol. The fourth-order valence-corrected chi connectivity index (χ4v) is 2.26. The molecule has 1 unspecified atom stereocenters. The van der Waals surface area contributed by atoms with Gasteiger partial charge >= 0.3 is 0 Å². The minimum absolute atomic E-state index is 0.153. The van der Waals surface area contributed by atoms with Crippen molar-refractivity contribution in [3.63, 3.8) is 0 Å². The van der Waals surface area contributed by atoms with Gasteiger partial charge in [-0.1, -0.05) is 17.3 Å². The van der Waals surface area contributed by atoms with Gasteiger partial charge in [-0.15, -0.1) is 5.10 Å². The van der Waals surface area contributed by atoms with Gasteiger partial charge in [0.25, 0.3) is 0 Å². The molecule has 6 heteroatoms. The molecule has 0 aliphatic carbocycles. The van der Waals surface area contributed by atoms with Crippen molar-refractivity contribution in [3.05, 3.63) is 45.9 Å². The molecule has 1 aromatic carbocycles. The molecule has 0 aliphatic rings. The van der Waals surface area contributed by atoms with E-state index in [4.69, 9.17) is 0 Å². The van der Waals surface area contributed by atoms with Gasteiger partial charge in [0.2, 0.25) is 0 Å². The summed E-state index contributed by atoms with van der Waals surface area (Å²) in [7, 11) is 3.62. The molecule has 0 saturated carbocycles. The number of benzene rings is 1. The quantitative estimate of drug-likeness (QED) is 0.943. The Morgan fingerprint density at radius 3 is 2.82 bits per heavy atom.